The first-order valence-corrected chi connectivity index (χ1v) is 14.4. The lowest BCUT2D eigenvalue weighted by molar-refractivity contribution is -0.140. The van der Waals surface area contributed by atoms with E-state index in [-0.39, 0.29) is 24.3 Å². The smallest absolute Gasteiger partial charge is 0.247 e. The Balaban J connectivity index is 1.66. The van der Waals surface area contributed by atoms with Gasteiger partial charge in [-0.1, -0.05) is 43.5 Å². The number of hydrogen-bond acceptors (Lipinski definition) is 6. The van der Waals surface area contributed by atoms with E-state index >= 15 is 0 Å². The zero-order valence-corrected chi connectivity index (χ0v) is 23.8. The SMILES string of the molecule is COc1ccc([C@@H](C(=O)NC2CCCCC2)N(CCc2ccc(OC)c(OC)c2)C(=O)Cc2cccs2)cc1. The van der Waals surface area contributed by atoms with E-state index in [2.05, 4.69) is 5.32 Å². The molecule has 0 unspecified atom stereocenters. The fourth-order valence-corrected chi connectivity index (χ4v) is 5.83. The molecule has 208 valence electrons. The lowest BCUT2D eigenvalue weighted by Gasteiger charge is -2.33. The molecule has 0 aliphatic heterocycles. The summed E-state index contributed by atoms with van der Waals surface area (Å²) in [6, 6.07) is 16.5. The summed E-state index contributed by atoms with van der Waals surface area (Å²) in [6.07, 6.45) is 6.15. The van der Waals surface area contributed by atoms with Gasteiger partial charge >= 0.3 is 0 Å². The Morgan fingerprint density at radius 2 is 1.69 bits per heavy atom. The van der Waals surface area contributed by atoms with Crippen LogP contribution in [0.4, 0.5) is 0 Å². The van der Waals surface area contributed by atoms with E-state index in [4.69, 9.17) is 14.2 Å². The third kappa shape index (κ3) is 7.53. The van der Waals surface area contributed by atoms with Gasteiger partial charge in [-0.2, -0.15) is 0 Å². The number of rotatable bonds is 12. The molecule has 1 heterocycles. The number of thiophene rings is 1. The second kappa shape index (κ2) is 14.0. The fraction of sp³-hybridized carbons (Fsp3) is 0.419. The quantitative estimate of drug-likeness (QED) is 0.319. The highest BCUT2D eigenvalue weighted by molar-refractivity contribution is 7.10. The van der Waals surface area contributed by atoms with E-state index in [9.17, 15) is 9.59 Å². The fourth-order valence-electron chi connectivity index (χ4n) is 5.13. The third-order valence-corrected chi connectivity index (χ3v) is 8.13. The molecule has 0 radical (unpaired) electrons. The highest BCUT2D eigenvalue weighted by Crippen LogP contribution is 2.30. The molecule has 0 bridgehead atoms. The van der Waals surface area contributed by atoms with Crippen LogP contribution in [0.15, 0.2) is 60.0 Å². The largest absolute Gasteiger partial charge is 0.497 e. The minimum absolute atomic E-state index is 0.0856. The number of carbonyl (C=O) groups excluding carboxylic acids is 2. The molecule has 4 rings (SSSR count). The van der Waals surface area contributed by atoms with E-state index in [1.807, 2.05) is 60.0 Å². The van der Waals surface area contributed by atoms with Crippen molar-refractivity contribution in [3.05, 3.63) is 76.0 Å². The molecule has 39 heavy (non-hydrogen) atoms. The Labute approximate surface area is 235 Å². The van der Waals surface area contributed by atoms with Gasteiger partial charge < -0.3 is 24.4 Å². The first-order valence-electron chi connectivity index (χ1n) is 13.5. The molecule has 0 spiro atoms. The van der Waals surface area contributed by atoms with Gasteiger partial charge in [0.25, 0.3) is 0 Å². The maximum atomic E-state index is 13.9. The molecule has 1 saturated carbocycles. The number of methoxy groups -OCH3 is 3. The Kier molecular flexibility index (Phi) is 10.3. The van der Waals surface area contributed by atoms with Gasteiger partial charge in [0.05, 0.1) is 27.8 Å². The van der Waals surface area contributed by atoms with Crippen molar-refractivity contribution < 1.29 is 23.8 Å². The molecule has 1 aliphatic carbocycles. The van der Waals surface area contributed by atoms with Crippen molar-refractivity contribution in [1.29, 1.82) is 0 Å². The van der Waals surface area contributed by atoms with Crippen LogP contribution in [0.3, 0.4) is 0 Å². The van der Waals surface area contributed by atoms with Crippen LogP contribution in [0.2, 0.25) is 0 Å². The number of amides is 2. The second-order valence-electron chi connectivity index (χ2n) is 9.80. The molecule has 1 aromatic heterocycles. The third-order valence-electron chi connectivity index (χ3n) is 7.26. The van der Waals surface area contributed by atoms with Gasteiger partial charge in [-0.05, 0) is 66.1 Å². The number of benzene rings is 2. The molecule has 0 saturated heterocycles. The molecule has 1 aliphatic rings. The molecule has 8 heteroatoms. The van der Waals surface area contributed by atoms with Crippen LogP contribution in [0.1, 0.15) is 54.1 Å². The zero-order chi connectivity index (χ0) is 27.6. The minimum Gasteiger partial charge on any atom is -0.497 e. The van der Waals surface area contributed by atoms with Gasteiger partial charge in [0.1, 0.15) is 11.8 Å². The van der Waals surface area contributed by atoms with Gasteiger partial charge in [0.15, 0.2) is 11.5 Å². The maximum absolute atomic E-state index is 13.9. The van der Waals surface area contributed by atoms with Gasteiger partial charge in [-0.25, -0.2) is 0 Å². The Morgan fingerprint density at radius 1 is 0.949 bits per heavy atom. The zero-order valence-electron chi connectivity index (χ0n) is 23.0. The van der Waals surface area contributed by atoms with Crippen molar-refractivity contribution in [1.82, 2.24) is 10.2 Å². The van der Waals surface area contributed by atoms with Gasteiger partial charge in [0, 0.05) is 17.5 Å². The van der Waals surface area contributed by atoms with Crippen molar-refractivity contribution in [2.75, 3.05) is 27.9 Å². The van der Waals surface area contributed by atoms with Gasteiger partial charge in [-0.15, -0.1) is 11.3 Å². The average molecular weight is 551 g/mol. The van der Waals surface area contributed by atoms with Crippen LogP contribution in [0.25, 0.3) is 0 Å². The summed E-state index contributed by atoms with van der Waals surface area (Å²) in [6.45, 7) is 0.370. The van der Waals surface area contributed by atoms with Crippen molar-refractivity contribution in [2.24, 2.45) is 0 Å². The minimum atomic E-state index is -0.759. The monoisotopic (exact) mass is 550 g/mol. The summed E-state index contributed by atoms with van der Waals surface area (Å²) < 4.78 is 16.2. The summed E-state index contributed by atoms with van der Waals surface area (Å²) in [5, 5.41) is 5.24. The molecule has 2 aromatic carbocycles. The lowest BCUT2D eigenvalue weighted by atomic mass is 9.94. The highest BCUT2D eigenvalue weighted by atomic mass is 32.1. The molecular formula is C31H38N2O5S. The van der Waals surface area contributed by atoms with Crippen LogP contribution in [0.5, 0.6) is 17.2 Å². The Morgan fingerprint density at radius 3 is 2.33 bits per heavy atom. The van der Waals surface area contributed by atoms with Gasteiger partial charge in [0.2, 0.25) is 11.8 Å². The van der Waals surface area contributed by atoms with Crippen LogP contribution in [-0.2, 0) is 22.4 Å². The van der Waals surface area contributed by atoms with Crippen molar-refractivity contribution in [3.8, 4) is 17.2 Å². The maximum Gasteiger partial charge on any atom is 0.247 e. The normalized spacial score (nSPS) is 14.3. The van der Waals surface area contributed by atoms with Crippen molar-refractivity contribution >= 4 is 23.2 Å². The number of nitrogens with zero attached hydrogens (tertiary/aromatic N) is 1. The van der Waals surface area contributed by atoms with Crippen molar-refractivity contribution in [2.45, 2.75) is 57.0 Å². The molecule has 3 aromatic rings. The predicted octanol–water partition coefficient (Wildman–Crippen LogP) is 5.58. The first kappa shape index (κ1) is 28.5. The summed E-state index contributed by atoms with van der Waals surface area (Å²) in [7, 11) is 4.82. The Hall–Kier alpha value is -3.52. The summed E-state index contributed by atoms with van der Waals surface area (Å²) >= 11 is 1.55. The summed E-state index contributed by atoms with van der Waals surface area (Å²) in [5.41, 5.74) is 1.75. The average Bonchev–Trinajstić information content (AvgIpc) is 3.48. The number of ether oxygens (including phenoxy) is 3. The molecule has 7 nitrogen and oxygen atoms in total. The summed E-state index contributed by atoms with van der Waals surface area (Å²) in [5.74, 6) is 1.76. The topological polar surface area (TPSA) is 77.1 Å². The van der Waals surface area contributed by atoms with E-state index < -0.39 is 6.04 Å². The van der Waals surface area contributed by atoms with Crippen molar-refractivity contribution in [3.63, 3.8) is 0 Å². The molecule has 2 amide bonds. The van der Waals surface area contributed by atoms with Crippen LogP contribution in [-0.4, -0.2) is 50.6 Å². The number of hydrogen-bond donors (Lipinski definition) is 1. The van der Waals surface area contributed by atoms with E-state index in [1.165, 1.54) is 6.42 Å². The van der Waals surface area contributed by atoms with Gasteiger partial charge in [-0.3, -0.25) is 9.59 Å². The molecule has 1 N–H and O–H groups in total. The van der Waals surface area contributed by atoms with E-state index in [0.29, 0.717) is 30.2 Å². The first-order chi connectivity index (χ1) is 19.0. The van der Waals surface area contributed by atoms with Crippen LogP contribution >= 0.6 is 11.3 Å². The number of nitrogens with one attached hydrogen (secondary N) is 1. The van der Waals surface area contributed by atoms with Crippen LogP contribution in [0, 0.1) is 0 Å². The van der Waals surface area contributed by atoms with E-state index in [1.54, 1.807) is 37.6 Å². The van der Waals surface area contributed by atoms with Crippen LogP contribution < -0.4 is 19.5 Å². The standard InChI is InChI=1S/C31H38N2O5S/c1-36-25-14-12-23(13-15-25)30(31(35)32-24-8-5-4-6-9-24)33(29(34)21-26-10-7-19-39-26)18-17-22-11-16-27(37-2)28(20-22)38-3/h7,10-16,19-20,24,30H,4-6,8-9,17-18,21H2,1-3H3,(H,32,35)/t30-/m0/s1. The highest BCUT2D eigenvalue weighted by Gasteiger charge is 2.33. The number of carbonyl (C=O) groups is 2. The molecular weight excluding hydrogens is 512 g/mol. The predicted molar refractivity (Wildman–Crippen MR) is 154 cm³/mol. The molecule has 1 fully saturated rings. The Bertz CT molecular complexity index is 1210. The van der Waals surface area contributed by atoms with E-state index in [0.717, 1.165) is 41.7 Å². The second-order valence-corrected chi connectivity index (χ2v) is 10.8. The summed E-state index contributed by atoms with van der Waals surface area (Å²) in [4.78, 5) is 30.5. The lowest BCUT2D eigenvalue weighted by Crippen LogP contribution is -2.48. The molecule has 1 atom stereocenters.